The number of hydrogen-bond donors (Lipinski definition) is 0. The summed E-state index contributed by atoms with van der Waals surface area (Å²) in [6.45, 7) is 4.84. The van der Waals surface area contributed by atoms with E-state index in [-0.39, 0.29) is 5.56 Å². The third-order valence-electron chi connectivity index (χ3n) is 6.22. The first-order valence-corrected chi connectivity index (χ1v) is 12.7. The number of hydrogen-bond acceptors (Lipinski definition) is 6. The van der Waals surface area contributed by atoms with E-state index >= 15 is 0 Å². The number of ether oxygens (including phenoxy) is 3. The van der Waals surface area contributed by atoms with E-state index in [1.807, 2.05) is 61.1 Å². The van der Waals surface area contributed by atoms with Gasteiger partial charge < -0.3 is 18.8 Å². The molecule has 0 N–H and O–H groups in total. The van der Waals surface area contributed by atoms with Crippen molar-refractivity contribution in [2.24, 2.45) is 12.0 Å². The minimum atomic E-state index is -0.147. The molecular weight excluding hydrogens is 476 g/mol. The molecule has 9 heteroatoms. The summed E-state index contributed by atoms with van der Waals surface area (Å²) in [7, 11) is 6.68. The molecule has 0 atom stereocenters. The van der Waals surface area contributed by atoms with Gasteiger partial charge in [-0.2, -0.15) is 0 Å². The van der Waals surface area contributed by atoms with E-state index in [9.17, 15) is 4.79 Å². The number of aromatic nitrogens is 3. The molecule has 0 saturated carbocycles. The van der Waals surface area contributed by atoms with Crippen LogP contribution in [-0.2, 0) is 13.6 Å². The predicted octanol–water partition coefficient (Wildman–Crippen LogP) is 5.07. The largest absolute Gasteiger partial charge is 0.493 e. The van der Waals surface area contributed by atoms with E-state index in [0.717, 1.165) is 46.8 Å². The molecule has 8 nitrogen and oxygen atoms in total. The Hall–Kier alpha value is -3.72. The van der Waals surface area contributed by atoms with Crippen molar-refractivity contribution >= 4 is 17.0 Å². The van der Waals surface area contributed by atoms with Gasteiger partial charge >= 0.3 is 0 Å². The maximum atomic E-state index is 13.5. The standard InChI is InChI=1S/C27H32N4O4S/c1-7-8-14-30-21(19-15-22(33-4)25(35-6)23(16-19)34-5)17-36-27(30)28-24-18(2)29(3)31(26(24)32)20-12-10-9-11-13-20/h9-13,15-17H,7-8,14H2,1-6H3. The lowest BCUT2D eigenvalue weighted by Gasteiger charge is -2.15. The molecule has 0 radical (unpaired) electrons. The van der Waals surface area contributed by atoms with Gasteiger partial charge in [0.1, 0.15) is 0 Å². The van der Waals surface area contributed by atoms with Gasteiger partial charge in [-0.05, 0) is 37.6 Å². The number of unbranched alkanes of at least 4 members (excludes halogenated alkanes) is 1. The van der Waals surface area contributed by atoms with Crippen molar-refractivity contribution in [3.63, 3.8) is 0 Å². The summed E-state index contributed by atoms with van der Waals surface area (Å²) < 4.78 is 22.3. The summed E-state index contributed by atoms with van der Waals surface area (Å²) in [6.07, 6.45) is 2.01. The van der Waals surface area contributed by atoms with Gasteiger partial charge in [0.2, 0.25) is 5.75 Å². The molecule has 0 aliphatic rings. The lowest BCUT2D eigenvalue weighted by atomic mass is 10.1. The maximum absolute atomic E-state index is 13.5. The molecule has 0 fully saturated rings. The van der Waals surface area contributed by atoms with Crippen molar-refractivity contribution in [2.75, 3.05) is 21.3 Å². The maximum Gasteiger partial charge on any atom is 0.297 e. The second kappa shape index (κ2) is 10.9. The molecule has 190 valence electrons. The first-order chi connectivity index (χ1) is 17.4. The summed E-state index contributed by atoms with van der Waals surface area (Å²) in [4.78, 5) is 19.1. The Bertz CT molecular complexity index is 1450. The Morgan fingerprint density at radius 3 is 2.25 bits per heavy atom. The van der Waals surface area contributed by atoms with Gasteiger partial charge in [0, 0.05) is 24.5 Å². The molecule has 0 amide bonds. The average molecular weight is 509 g/mol. The van der Waals surface area contributed by atoms with Gasteiger partial charge in [0.25, 0.3) is 5.56 Å². The Kier molecular flexibility index (Phi) is 7.69. The zero-order valence-electron chi connectivity index (χ0n) is 21.6. The Labute approximate surface area is 214 Å². The second-order valence-corrected chi connectivity index (χ2v) is 9.18. The monoisotopic (exact) mass is 508 g/mol. The molecular formula is C27H32N4O4S. The Morgan fingerprint density at radius 1 is 1.00 bits per heavy atom. The molecule has 4 aromatic rings. The minimum Gasteiger partial charge on any atom is -0.493 e. The van der Waals surface area contributed by atoms with Crippen LogP contribution in [0.5, 0.6) is 17.2 Å². The summed E-state index contributed by atoms with van der Waals surface area (Å²) in [5.41, 5.74) is 3.79. The second-order valence-electron chi connectivity index (χ2n) is 8.34. The highest BCUT2D eigenvalue weighted by molar-refractivity contribution is 7.07. The minimum absolute atomic E-state index is 0.147. The fraction of sp³-hybridized carbons (Fsp3) is 0.333. The zero-order chi connectivity index (χ0) is 25.8. The van der Waals surface area contributed by atoms with Crippen LogP contribution in [0.25, 0.3) is 16.9 Å². The fourth-order valence-corrected chi connectivity index (χ4v) is 5.13. The van der Waals surface area contributed by atoms with Gasteiger partial charge in [0.05, 0.1) is 38.4 Å². The third kappa shape index (κ3) is 4.58. The molecule has 2 aromatic carbocycles. The molecule has 0 aliphatic heterocycles. The summed E-state index contributed by atoms with van der Waals surface area (Å²) in [6, 6.07) is 13.5. The number of nitrogens with zero attached hydrogens (tertiary/aromatic N) is 4. The van der Waals surface area contributed by atoms with Crippen LogP contribution in [0.15, 0.2) is 57.6 Å². The van der Waals surface area contributed by atoms with Crippen LogP contribution in [0.1, 0.15) is 25.5 Å². The van der Waals surface area contributed by atoms with Gasteiger partial charge in [-0.3, -0.25) is 9.48 Å². The van der Waals surface area contributed by atoms with Crippen molar-refractivity contribution < 1.29 is 14.2 Å². The molecule has 4 rings (SSSR count). The number of para-hydroxylation sites is 1. The smallest absolute Gasteiger partial charge is 0.297 e. The molecule has 36 heavy (non-hydrogen) atoms. The highest BCUT2D eigenvalue weighted by Gasteiger charge is 2.19. The average Bonchev–Trinajstić information content (AvgIpc) is 3.40. The van der Waals surface area contributed by atoms with Crippen LogP contribution < -0.4 is 24.6 Å². The lowest BCUT2D eigenvalue weighted by molar-refractivity contribution is 0.324. The van der Waals surface area contributed by atoms with Gasteiger partial charge in [0.15, 0.2) is 22.0 Å². The number of thiazole rings is 1. The summed E-state index contributed by atoms with van der Waals surface area (Å²) in [5.74, 6) is 1.72. The van der Waals surface area contributed by atoms with E-state index in [0.29, 0.717) is 22.9 Å². The number of benzene rings is 2. The van der Waals surface area contributed by atoms with Crippen LogP contribution in [0.2, 0.25) is 0 Å². The van der Waals surface area contributed by atoms with Crippen LogP contribution >= 0.6 is 11.3 Å². The molecule has 0 unspecified atom stereocenters. The summed E-state index contributed by atoms with van der Waals surface area (Å²) >= 11 is 1.51. The van der Waals surface area contributed by atoms with E-state index in [4.69, 9.17) is 19.2 Å². The van der Waals surface area contributed by atoms with Gasteiger partial charge in [-0.15, -0.1) is 11.3 Å². The fourth-order valence-electron chi connectivity index (χ4n) is 4.19. The van der Waals surface area contributed by atoms with Crippen LogP contribution in [0.4, 0.5) is 5.69 Å². The normalized spacial score (nSPS) is 11.7. The van der Waals surface area contributed by atoms with E-state index in [2.05, 4.69) is 16.9 Å². The van der Waals surface area contributed by atoms with Crippen LogP contribution in [0.3, 0.4) is 0 Å². The zero-order valence-corrected chi connectivity index (χ0v) is 22.4. The SMILES string of the molecule is CCCCn1c(-c2cc(OC)c(OC)c(OC)c2)csc1=Nc1c(C)n(C)n(-c2ccccc2)c1=O. The Balaban J connectivity index is 1.91. The van der Waals surface area contributed by atoms with E-state index in [1.54, 1.807) is 26.0 Å². The van der Waals surface area contributed by atoms with Crippen molar-refractivity contribution in [3.05, 3.63) is 68.7 Å². The van der Waals surface area contributed by atoms with Crippen molar-refractivity contribution in [2.45, 2.75) is 33.2 Å². The van der Waals surface area contributed by atoms with Gasteiger partial charge in [-0.25, -0.2) is 9.67 Å². The number of rotatable bonds is 9. The predicted molar refractivity (Wildman–Crippen MR) is 143 cm³/mol. The molecule has 0 saturated heterocycles. The summed E-state index contributed by atoms with van der Waals surface area (Å²) in [5, 5.41) is 2.06. The van der Waals surface area contributed by atoms with Crippen LogP contribution in [-0.4, -0.2) is 35.3 Å². The van der Waals surface area contributed by atoms with E-state index in [1.165, 1.54) is 11.3 Å². The van der Waals surface area contributed by atoms with Gasteiger partial charge in [-0.1, -0.05) is 31.5 Å². The molecule has 0 spiro atoms. The molecule has 0 aliphatic carbocycles. The highest BCUT2D eigenvalue weighted by atomic mass is 32.1. The topological polar surface area (TPSA) is 71.9 Å². The van der Waals surface area contributed by atoms with Crippen molar-refractivity contribution in [1.82, 2.24) is 13.9 Å². The quantitative estimate of drug-likeness (QED) is 0.316. The molecule has 0 bridgehead atoms. The third-order valence-corrected chi connectivity index (χ3v) is 7.09. The highest BCUT2D eigenvalue weighted by Crippen LogP contribution is 2.41. The molecule has 2 aromatic heterocycles. The van der Waals surface area contributed by atoms with E-state index < -0.39 is 0 Å². The Morgan fingerprint density at radius 2 is 1.67 bits per heavy atom. The first-order valence-electron chi connectivity index (χ1n) is 11.8. The first kappa shape index (κ1) is 25.4. The van der Waals surface area contributed by atoms with Crippen molar-refractivity contribution in [3.8, 4) is 34.2 Å². The number of methoxy groups -OCH3 is 3. The van der Waals surface area contributed by atoms with Crippen LogP contribution in [0, 0.1) is 6.92 Å². The molecule has 2 heterocycles. The van der Waals surface area contributed by atoms with Crippen molar-refractivity contribution in [1.29, 1.82) is 0 Å². The lowest BCUT2D eigenvalue weighted by Crippen LogP contribution is -2.20.